The van der Waals surface area contributed by atoms with Crippen molar-refractivity contribution in [3.8, 4) is 17.2 Å². The predicted molar refractivity (Wildman–Crippen MR) is 91.7 cm³/mol. The summed E-state index contributed by atoms with van der Waals surface area (Å²) >= 11 is 5.38. The minimum Gasteiger partial charge on any atom is -0.493 e. The van der Waals surface area contributed by atoms with Crippen molar-refractivity contribution in [2.45, 2.75) is 39.0 Å². The molecule has 0 aliphatic heterocycles. The summed E-state index contributed by atoms with van der Waals surface area (Å²) in [5.41, 5.74) is 1.06. The van der Waals surface area contributed by atoms with Gasteiger partial charge in [0.15, 0.2) is 11.5 Å². The number of aliphatic hydroxyl groups is 1. The Morgan fingerprint density at radius 1 is 0.955 bits per heavy atom. The van der Waals surface area contributed by atoms with Crippen molar-refractivity contribution >= 4 is 11.6 Å². The van der Waals surface area contributed by atoms with Crippen LogP contribution in [-0.2, 0) is 6.42 Å². The van der Waals surface area contributed by atoms with E-state index in [1.165, 1.54) is 19.3 Å². The predicted octanol–water partition coefficient (Wildman–Crippen LogP) is 4.05. The Morgan fingerprint density at radius 3 is 1.86 bits per heavy atom. The molecule has 0 aliphatic rings. The lowest BCUT2D eigenvalue weighted by Gasteiger charge is -2.13. The van der Waals surface area contributed by atoms with Crippen LogP contribution >= 0.6 is 11.6 Å². The third-order valence-electron chi connectivity index (χ3n) is 3.09. The SMILES string of the molecule is CCCCCCl.COc1cc(CCCO)cc(OC)c1OC. The minimum absolute atomic E-state index is 0.177. The molecule has 5 heteroatoms. The van der Waals surface area contributed by atoms with Gasteiger partial charge in [0.25, 0.3) is 0 Å². The van der Waals surface area contributed by atoms with Crippen LogP contribution in [0.2, 0.25) is 0 Å². The first-order chi connectivity index (χ1) is 10.7. The van der Waals surface area contributed by atoms with Crippen LogP contribution in [0.5, 0.6) is 17.2 Å². The second-order valence-corrected chi connectivity index (χ2v) is 5.13. The van der Waals surface area contributed by atoms with Gasteiger partial charge in [-0.3, -0.25) is 0 Å². The number of hydrogen-bond acceptors (Lipinski definition) is 4. The van der Waals surface area contributed by atoms with Gasteiger partial charge >= 0.3 is 0 Å². The monoisotopic (exact) mass is 332 g/mol. The maximum atomic E-state index is 8.79. The lowest BCUT2D eigenvalue weighted by molar-refractivity contribution is 0.288. The molecule has 1 N–H and O–H groups in total. The molecule has 0 unspecified atom stereocenters. The number of benzene rings is 1. The van der Waals surface area contributed by atoms with E-state index in [4.69, 9.17) is 30.9 Å². The third-order valence-corrected chi connectivity index (χ3v) is 3.35. The summed E-state index contributed by atoms with van der Waals surface area (Å²) in [5, 5.41) is 8.79. The van der Waals surface area contributed by atoms with E-state index in [1.807, 2.05) is 12.1 Å². The summed E-state index contributed by atoms with van der Waals surface area (Å²) < 4.78 is 15.7. The highest BCUT2D eigenvalue weighted by atomic mass is 35.5. The first-order valence-electron chi connectivity index (χ1n) is 7.64. The number of aryl methyl sites for hydroxylation is 1. The normalized spacial score (nSPS) is 9.73. The van der Waals surface area contributed by atoms with Gasteiger partial charge in [0, 0.05) is 12.5 Å². The molecular weight excluding hydrogens is 304 g/mol. The Balaban J connectivity index is 0.000000626. The highest BCUT2D eigenvalue weighted by Crippen LogP contribution is 2.38. The zero-order valence-electron chi connectivity index (χ0n) is 14.2. The van der Waals surface area contributed by atoms with Crippen molar-refractivity contribution in [2.24, 2.45) is 0 Å². The molecule has 0 heterocycles. The van der Waals surface area contributed by atoms with Crippen LogP contribution < -0.4 is 14.2 Å². The van der Waals surface area contributed by atoms with Crippen molar-refractivity contribution in [2.75, 3.05) is 33.8 Å². The van der Waals surface area contributed by atoms with E-state index in [-0.39, 0.29) is 6.61 Å². The molecular formula is C17H29ClO4. The van der Waals surface area contributed by atoms with Crippen LogP contribution in [0.25, 0.3) is 0 Å². The molecule has 4 nitrogen and oxygen atoms in total. The van der Waals surface area contributed by atoms with Crippen molar-refractivity contribution in [3.05, 3.63) is 17.7 Å². The van der Waals surface area contributed by atoms with Crippen LogP contribution in [0.15, 0.2) is 12.1 Å². The van der Waals surface area contributed by atoms with Gasteiger partial charge in [-0.05, 0) is 37.0 Å². The van der Waals surface area contributed by atoms with Crippen molar-refractivity contribution in [1.29, 1.82) is 0 Å². The molecule has 0 saturated heterocycles. The second-order valence-electron chi connectivity index (χ2n) is 4.76. The summed E-state index contributed by atoms with van der Waals surface area (Å²) in [7, 11) is 4.76. The Morgan fingerprint density at radius 2 is 1.55 bits per heavy atom. The second kappa shape index (κ2) is 13.5. The molecule has 0 aromatic heterocycles. The number of unbranched alkanes of at least 4 members (excludes halogenated alkanes) is 2. The van der Waals surface area contributed by atoms with Crippen LogP contribution in [0.3, 0.4) is 0 Å². The van der Waals surface area contributed by atoms with E-state index < -0.39 is 0 Å². The van der Waals surface area contributed by atoms with E-state index in [9.17, 15) is 0 Å². The molecule has 0 radical (unpaired) electrons. The number of hydrogen-bond donors (Lipinski definition) is 1. The summed E-state index contributed by atoms with van der Waals surface area (Å²) in [6.45, 7) is 2.35. The number of rotatable bonds is 9. The molecule has 1 aromatic rings. The van der Waals surface area contributed by atoms with Crippen LogP contribution in [0, 0.1) is 0 Å². The van der Waals surface area contributed by atoms with E-state index in [1.54, 1.807) is 21.3 Å². The highest BCUT2D eigenvalue weighted by Gasteiger charge is 2.12. The van der Waals surface area contributed by atoms with E-state index >= 15 is 0 Å². The van der Waals surface area contributed by atoms with Crippen molar-refractivity contribution in [3.63, 3.8) is 0 Å². The lowest BCUT2D eigenvalue weighted by Crippen LogP contribution is -1.98. The molecule has 22 heavy (non-hydrogen) atoms. The fourth-order valence-corrected chi connectivity index (χ4v) is 2.10. The molecule has 0 fully saturated rings. The van der Waals surface area contributed by atoms with E-state index in [2.05, 4.69) is 6.92 Å². The van der Waals surface area contributed by atoms with Crippen LogP contribution in [0.1, 0.15) is 38.2 Å². The van der Waals surface area contributed by atoms with Gasteiger partial charge in [-0.2, -0.15) is 0 Å². The summed E-state index contributed by atoms with van der Waals surface area (Å²) in [6, 6.07) is 3.80. The summed E-state index contributed by atoms with van der Waals surface area (Å²) in [6.07, 6.45) is 5.24. The topological polar surface area (TPSA) is 47.9 Å². The molecule has 0 spiro atoms. The third kappa shape index (κ3) is 7.76. The average molecular weight is 333 g/mol. The summed E-state index contributed by atoms with van der Waals surface area (Å²) in [5.74, 6) is 2.72. The molecule has 1 rings (SSSR count). The van der Waals surface area contributed by atoms with E-state index in [0.717, 1.165) is 24.3 Å². The molecule has 0 atom stereocenters. The molecule has 0 aliphatic carbocycles. The molecule has 0 bridgehead atoms. The number of alkyl halides is 1. The van der Waals surface area contributed by atoms with Gasteiger partial charge < -0.3 is 19.3 Å². The maximum Gasteiger partial charge on any atom is 0.203 e. The fraction of sp³-hybridized carbons (Fsp3) is 0.647. The first-order valence-corrected chi connectivity index (χ1v) is 8.17. The Bertz CT molecular complexity index is 367. The van der Waals surface area contributed by atoms with E-state index in [0.29, 0.717) is 17.2 Å². The molecule has 0 saturated carbocycles. The standard InChI is InChI=1S/C12H18O4.C5H11Cl/c1-14-10-7-9(5-4-6-13)8-11(15-2)12(10)16-3;1-2-3-4-5-6/h7-8,13H,4-6H2,1-3H3;2-5H2,1H3. The van der Waals surface area contributed by atoms with Crippen molar-refractivity contribution < 1.29 is 19.3 Å². The Hall–Kier alpha value is -1.13. The number of halogens is 1. The van der Waals surface area contributed by atoms with Gasteiger partial charge in [0.2, 0.25) is 5.75 Å². The first kappa shape index (κ1) is 20.9. The zero-order valence-corrected chi connectivity index (χ0v) is 14.9. The van der Waals surface area contributed by atoms with Gasteiger partial charge in [-0.1, -0.05) is 19.8 Å². The summed E-state index contributed by atoms with van der Waals surface area (Å²) in [4.78, 5) is 0. The average Bonchev–Trinajstić information content (AvgIpc) is 2.57. The largest absolute Gasteiger partial charge is 0.493 e. The number of methoxy groups -OCH3 is 3. The fourth-order valence-electron chi connectivity index (χ4n) is 1.91. The zero-order chi connectivity index (χ0) is 16.8. The van der Waals surface area contributed by atoms with Crippen LogP contribution in [-0.4, -0.2) is 38.9 Å². The maximum absolute atomic E-state index is 8.79. The highest BCUT2D eigenvalue weighted by molar-refractivity contribution is 6.17. The smallest absolute Gasteiger partial charge is 0.203 e. The molecule has 0 amide bonds. The van der Waals surface area contributed by atoms with Crippen LogP contribution in [0.4, 0.5) is 0 Å². The lowest BCUT2D eigenvalue weighted by atomic mass is 10.1. The van der Waals surface area contributed by atoms with Crippen molar-refractivity contribution in [1.82, 2.24) is 0 Å². The Labute approximate surface area is 139 Å². The molecule has 1 aromatic carbocycles. The number of ether oxygens (including phenoxy) is 3. The van der Waals surface area contributed by atoms with Gasteiger partial charge in [0.1, 0.15) is 0 Å². The number of aliphatic hydroxyl groups excluding tert-OH is 1. The van der Waals surface area contributed by atoms with Gasteiger partial charge in [-0.25, -0.2) is 0 Å². The van der Waals surface area contributed by atoms with Gasteiger partial charge in [-0.15, -0.1) is 11.6 Å². The Kier molecular flexibility index (Phi) is 12.8. The quantitative estimate of drug-likeness (QED) is 0.547. The molecule has 128 valence electrons. The minimum atomic E-state index is 0.177. The van der Waals surface area contributed by atoms with Gasteiger partial charge in [0.05, 0.1) is 21.3 Å².